The van der Waals surface area contributed by atoms with Gasteiger partial charge in [0.25, 0.3) is 0 Å². The first-order valence-corrected chi connectivity index (χ1v) is 10.2. The van der Waals surface area contributed by atoms with Crippen molar-refractivity contribution >= 4 is 15.9 Å². The van der Waals surface area contributed by atoms with Gasteiger partial charge in [0, 0.05) is 12.6 Å². The molecule has 0 aromatic heterocycles. The van der Waals surface area contributed by atoms with Gasteiger partial charge in [0.05, 0.1) is 12.5 Å². The minimum atomic E-state index is -3.69. The van der Waals surface area contributed by atoms with E-state index in [2.05, 4.69) is 5.32 Å². The lowest BCUT2D eigenvalue weighted by Crippen LogP contribution is -2.40. The molecule has 142 valence electrons. The van der Waals surface area contributed by atoms with Crippen LogP contribution in [-0.2, 0) is 21.2 Å². The van der Waals surface area contributed by atoms with Crippen molar-refractivity contribution < 1.29 is 22.3 Å². The van der Waals surface area contributed by atoms with E-state index in [0.29, 0.717) is 17.7 Å². The number of hydrogen-bond acceptors (Lipinski definition) is 4. The van der Waals surface area contributed by atoms with Crippen LogP contribution in [0.4, 0.5) is 4.39 Å². The van der Waals surface area contributed by atoms with Crippen molar-refractivity contribution in [1.82, 2.24) is 9.62 Å². The number of fused-ring (bicyclic) bond motifs is 2. The molecule has 2 aromatic carbocycles. The number of nitrogens with one attached hydrogen (secondary N) is 1. The molecular formula is C19H19FN2O4S. The van der Waals surface area contributed by atoms with Crippen molar-refractivity contribution in [3.8, 4) is 5.75 Å². The van der Waals surface area contributed by atoms with Gasteiger partial charge in [-0.2, -0.15) is 4.31 Å². The van der Waals surface area contributed by atoms with Gasteiger partial charge in [-0.3, -0.25) is 4.79 Å². The maximum Gasteiger partial charge on any atom is 0.247 e. The average Bonchev–Trinajstić information content (AvgIpc) is 3.01. The summed E-state index contributed by atoms with van der Waals surface area (Å²) in [5, 5.41) is 2.83. The van der Waals surface area contributed by atoms with Crippen LogP contribution < -0.4 is 10.1 Å². The molecule has 2 aliphatic rings. The largest absolute Gasteiger partial charge is 0.490 e. The van der Waals surface area contributed by atoms with Crippen LogP contribution in [0, 0.1) is 5.82 Å². The highest BCUT2D eigenvalue weighted by molar-refractivity contribution is 7.89. The number of nitrogens with zero attached hydrogens (tertiary/aromatic N) is 1. The summed E-state index contributed by atoms with van der Waals surface area (Å²) in [5.74, 6) is -0.408. The van der Waals surface area contributed by atoms with Gasteiger partial charge in [-0.15, -0.1) is 0 Å². The zero-order chi connectivity index (χ0) is 19.0. The lowest BCUT2D eigenvalue weighted by molar-refractivity contribution is -0.121. The molecular weight excluding hydrogens is 371 g/mol. The van der Waals surface area contributed by atoms with Crippen LogP contribution in [0.5, 0.6) is 5.75 Å². The smallest absolute Gasteiger partial charge is 0.247 e. The molecule has 0 saturated carbocycles. The molecule has 0 spiro atoms. The summed E-state index contributed by atoms with van der Waals surface area (Å²) in [6.07, 6.45) is 0.371. The van der Waals surface area contributed by atoms with Crippen molar-refractivity contribution in [2.45, 2.75) is 29.8 Å². The minimum Gasteiger partial charge on any atom is -0.490 e. The molecule has 27 heavy (non-hydrogen) atoms. The average molecular weight is 390 g/mol. The number of rotatable bonds is 3. The topological polar surface area (TPSA) is 75.7 Å². The Kier molecular flexibility index (Phi) is 4.61. The molecule has 0 radical (unpaired) electrons. The summed E-state index contributed by atoms with van der Waals surface area (Å²) in [6.45, 7) is 0.406. The minimum absolute atomic E-state index is 0.0834. The van der Waals surface area contributed by atoms with Gasteiger partial charge in [0.1, 0.15) is 23.1 Å². The molecule has 2 aromatic rings. The first-order valence-electron chi connectivity index (χ1n) is 8.71. The van der Waals surface area contributed by atoms with Crippen LogP contribution in [-0.4, -0.2) is 43.9 Å². The van der Waals surface area contributed by atoms with Crippen LogP contribution in [0.15, 0.2) is 53.4 Å². The molecule has 0 unspecified atom stereocenters. The highest BCUT2D eigenvalue weighted by atomic mass is 32.2. The highest BCUT2D eigenvalue weighted by Gasteiger charge is 2.44. The Hall–Kier alpha value is -2.45. The highest BCUT2D eigenvalue weighted by Crippen LogP contribution is 2.35. The SMILES string of the molecule is O=C(Cc1ccccc1F)N[C@H]1C[C@H]2COc3ccccc3S(=O)(=O)N2C1. The van der Waals surface area contributed by atoms with Crippen molar-refractivity contribution in [3.63, 3.8) is 0 Å². The number of amides is 1. The molecule has 1 fully saturated rings. The standard InChI is InChI=1S/C19H19FN2O4S/c20-16-6-2-1-5-13(16)9-19(23)21-14-10-15-12-26-17-7-3-4-8-18(17)27(24,25)22(15)11-14/h1-8,14-15H,9-12H2,(H,21,23)/t14-,15-/m0/s1. The number of para-hydroxylation sites is 1. The number of carbonyl (C=O) groups excluding carboxylic acids is 1. The second kappa shape index (κ2) is 6.94. The van der Waals surface area contributed by atoms with Gasteiger partial charge >= 0.3 is 0 Å². The maximum absolute atomic E-state index is 13.7. The third-order valence-electron chi connectivity index (χ3n) is 4.91. The predicted octanol–water partition coefficient (Wildman–Crippen LogP) is 1.71. The number of hydrogen-bond donors (Lipinski definition) is 1. The fraction of sp³-hybridized carbons (Fsp3) is 0.316. The van der Waals surface area contributed by atoms with Gasteiger partial charge in [-0.05, 0) is 30.2 Å². The second-order valence-electron chi connectivity index (χ2n) is 6.75. The molecule has 4 rings (SSSR count). The summed E-state index contributed by atoms with van der Waals surface area (Å²) in [6, 6.07) is 12.0. The summed E-state index contributed by atoms with van der Waals surface area (Å²) < 4.78 is 46.7. The van der Waals surface area contributed by atoms with E-state index in [4.69, 9.17) is 4.74 Å². The molecule has 0 bridgehead atoms. The zero-order valence-electron chi connectivity index (χ0n) is 14.5. The third-order valence-corrected chi connectivity index (χ3v) is 6.86. The quantitative estimate of drug-likeness (QED) is 0.866. The van der Waals surface area contributed by atoms with Gasteiger partial charge in [-0.1, -0.05) is 30.3 Å². The van der Waals surface area contributed by atoms with Gasteiger partial charge in [0.2, 0.25) is 15.9 Å². The summed E-state index contributed by atoms with van der Waals surface area (Å²) in [7, 11) is -3.69. The zero-order valence-corrected chi connectivity index (χ0v) is 15.3. The van der Waals surface area contributed by atoms with Crippen molar-refractivity contribution in [2.75, 3.05) is 13.2 Å². The lowest BCUT2D eigenvalue weighted by Gasteiger charge is -2.19. The Balaban J connectivity index is 1.47. The molecule has 8 heteroatoms. The van der Waals surface area contributed by atoms with Crippen molar-refractivity contribution in [2.24, 2.45) is 0 Å². The molecule has 1 saturated heterocycles. The number of carbonyl (C=O) groups is 1. The Bertz CT molecular complexity index is 979. The molecule has 0 aliphatic carbocycles. The number of halogens is 1. The summed E-state index contributed by atoms with van der Waals surface area (Å²) in [5.41, 5.74) is 0.312. The first kappa shape index (κ1) is 17.9. The maximum atomic E-state index is 13.7. The van der Waals surface area contributed by atoms with E-state index in [-0.39, 0.29) is 42.5 Å². The molecule has 6 nitrogen and oxygen atoms in total. The normalized spacial score (nSPS) is 23.6. The summed E-state index contributed by atoms with van der Waals surface area (Å²) in [4.78, 5) is 12.4. The first-order chi connectivity index (χ1) is 12.9. The van der Waals surface area contributed by atoms with Gasteiger partial charge in [-0.25, -0.2) is 12.8 Å². The monoisotopic (exact) mass is 390 g/mol. The van der Waals surface area contributed by atoms with E-state index in [0.717, 1.165) is 0 Å². The molecule has 2 heterocycles. The van der Waals surface area contributed by atoms with Crippen LogP contribution >= 0.6 is 0 Å². The van der Waals surface area contributed by atoms with Crippen LogP contribution in [0.25, 0.3) is 0 Å². The predicted molar refractivity (Wildman–Crippen MR) is 96.3 cm³/mol. The van der Waals surface area contributed by atoms with E-state index in [9.17, 15) is 17.6 Å². The van der Waals surface area contributed by atoms with Crippen LogP contribution in [0.2, 0.25) is 0 Å². The Labute approximate surface area is 157 Å². The van der Waals surface area contributed by atoms with E-state index < -0.39 is 15.8 Å². The van der Waals surface area contributed by atoms with Crippen molar-refractivity contribution in [3.05, 3.63) is 59.9 Å². The summed E-state index contributed by atoms with van der Waals surface area (Å²) >= 11 is 0. The Morgan fingerprint density at radius 2 is 1.93 bits per heavy atom. The van der Waals surface area contributed by atoms with Gasteiger partial charge < -0.3 is 10.1 Å². The van der Waals surface area contributed by atoms with Crippen LogP contribution in [0.1, 0.15) is 12.0 Å². The van der Waals surface area contributed by atoms with E-state index in [1.54, 1.807) is 36.4 Å². The number of benzene rings is 2. The molecule has 1 N–H and O–H groups in total. The second-order valence-corrected chi connectivity index (χ2v) is 8.61. The fourth-order valence-electron chi connectivity index (χ4n) is 3.63. The number of sulfonamides is 1. The fourth-order valence-corrected chi connectivity index (χ4v) is 5.43. The van der Waals surface area contributed by atoms with Gasteiger partial charge in [0.15, 0.2) is 0 Å². The molecule has 2 aliphatic heterocycles. The Morgan fingerprint density at radius 3 is 2.74 bits per heavy atom. The molecule has 1 amide bonds. The Morgan fingerprint density at radius 1 is 1.19 bits per heavy atom. The lowest BCUT2D eigenvalue weighted by atomic mass is 10.1. The van der Waals surface area contributed by atoms with Crippen LogP contribution in [0.3, 0.4) is 0 Å². The van der Waals surface area contributed by atoms with E-state index in [1.807, 2.05) is 0 Å². The van der Waals surface area contributed by atoms with E-state index >= 15 is 0 Å². The van der Waals surface area contributed by atoms with E-state index in [1.165, 1.54) is 16.4 Å². The number of ether oxygens (including phenoxy) is 1. The third kappa shape index (κ3) is 3.42. The van der Waals surface area contributed by atoms with Crippen molar-refractivity contribution in [1.29, 1.82) is 0 Å². The molecule has 2 atom stereocenters.